The van der Waals surface area contributed by atoms with E-state index in [0.717, 1.165) is 19.6 Å². The average Bonchev–Trinajstić information content (AvgIpc) is 2.80. The minimum Gasteiger partial charge on any atom is -0.330 e. The number of rotatable bonds is 8. The first-order valence-corrected chi connectivity index (χ1v) is 7.40. The van der Waals surface area contributed by atoms with E-state index in [4.69, 9.17) is 5.73 Å². The van der Waals surface area contributed by atoms with Crippen molar-refractivity contribution in [2.45, 2.75) is 40.2 Å². The Bertz CT molecular complexity index is 293. The van der Waals surface area contributed by atoms with Crippen LogP contribution in [0.3, 0.4) is 0 Å². The smallest absolute Gasteiger partial charge is 0.0327 e. The van der Waals surface area contributed by atoms with Gasteiger partial charge in [0.05, 0.1) is 0 Å². The Labute approximate surface area is 110 Å². The first-order chi connectivity index (χ1) is 8.07. The Morgan fingerprint density at radius 3 is 2.71 bits per heavy atom. The third-order valence-corrected chi connectivity index (χ3v) is 4.15. The van der Waals surface area contributed by atoms with Crippen LogP contribution in [0, 0.1) is 5.41 Å². The summed E-state index contributed by atoms with van der Waals surface area (Å²) in [6.45, 7) is 10.9. The van der Waals surface area contributed by atoms with Crippen LogP contribution in [-0.4, -0.2) is 24.5 Å². The summed E-state index contributed by atoms with van der Waals surface area (Å²) in [4.78, 5) is 3.98. The summed E-state index contributed by atoms with van der Waals surface area (Å²) in [7, 11) is 0. The van der Waals surface area contributed by atoms with Crippen LogP contribution in [0.5, 0.6) is 0 Å². The number of hydrogen-bond acceptors (Lipinski definition) is 3. The van der Waals surface area contributed by atoms with Crippen LogP contribution in [0.4, 0.5) is 0 Å². The van der Waals surface area contributed by atoms with E-state index in [1.54, 1.807) is 0 Å². The molecule has 0 saturated carbocycles. The fraction of sp³-hybridized carbons (Fsp3) is 0.714. The van der Waals surface area contributed by atoms with Gasteiger partial charge < -0.3 is 5.73 Å². The van der Waals surface area contributed by atoms with Crippen LogP contribution in [0.25, 0.3) is 0 Å². The lowest BCUT2D eigenvalue weighted by Gasteiger charge is -2.25. The Kier molecular flexibility index (Phi) is 6.17. The van der Waals surface area contributed by atoms with Gasteiger partial charge in [0.15, 0.2) is 0 Å². The van der Waals surface area contributed by atoms with E-state index >= 15 is 0 Å². The van der Waals surface area contributed by atoms with Gasteiger partial charge in [-0.25, -0.2) is 0 Å². The summed E-state index contributed by atoms with van der Waals surface area (Å²) in [5.41, 5.74) is 6.05. The van der Waals surface area contributed by atoms with Crippen molar-refractivity contribution in [3.8, 4) is 0 Å². The summed E-state index contributed by atoms with van der Waals surface area (Å²) < 4.78 is 0. The lowest BCUT2D eigenvalue weighted by molar-refractivity contribution is 0.247. The molecule has 2 nitrogen and oxygen atoms in total. The Morgan fingerprint density at radius 2 is 2.18 bits per heavy atom. The second kappa shape index (κ2) is 7.14. The normalized spacial score (nSPS) is 12.3. The molecule has 17 heavy (non-hydrogen) atoms. The number of thiophene rings is 1. The first kappa shape index (κ1) is 14.7. The second-order valence-electron chi connectivity index (χ2n) is 5.42. The van der Waals surface area contributed by atoms with Gasteiger partial charge in [-0.2, -0.15) is 0 Å². The topological polar surface area (TPSA) is 29.3 Å². The summed E-state index contributed by atoms with van der Waals surface area (Å²) in [5, 5.41) is 2.15. The summed E-state index contributed by atoms with van der Waals surface area (Å²) in [6.07, 6.45) is 2.45. The molecule has 0 atom stereocenters. The zero-order chi connectivity index (χ0) is 12.7. The van der Waals surface area contributed by atoms with Gasteiger partial charge in [-0.15, -0.1) is 11.3 Å². The average molecular weight is 254 g/mol. The molecule has 0 aliphatic carbocycles. The maximum absolute atomic E-state index is 5.75. The van der Waals surface area contributed by atoms with Gasteiger partial charge >= 0.3 is 0 Å². The third kappa shape index (κ3) is 5.66. The maximum atomic E-state index is 5.75. The molecule has 1 aromatic heterocycles. The highest BCUT2D eigenvalue weighted by atomic mass is 32.1. The van der Waals surface area contributed by atoms with Gasteiger partial charge in [-0.05, 0) is 49.3 Å². The Hall–Kier alpha value is -0.380. The van der Waals surface area contributed by atoms with Gasteiger partial charge in [-0.3, -0.25) is 4.90 Å². The van der Waals surface area contributed by atoms with E-state index in [2.05, 4.69) is 43.2 Å². The molecule has 0 amide bonds. The van der Waals surface area contributed by atoms with Crippen LogP contribution < -0.4 is 5.73 Å². The van der Waals surface area contributed by atoms with Crippen molar-refractivity contribution in [1.82, 2.24) is 4.90 Å². The molecule has 1 rings (SSSR count). The van der Waals surface area contributed by atoms with Gasteiger partial charge in [0.1, 0.15) is 0 Å². The molecule has 2 N–H and O–H groups in total. The SMILES string of the molecule is CCN(CCCC(C)(C)CN)Cc1cccs1. The van der Waals surface area contributed by atoms with E-state index in [9.17, 15) is 0 Å². The zero-order valence-electron chi connectivity index (χ0n) is 11.4. The Morgan fingerprint density at radius 1 is 1.41 bits per heavy atom. The fourth-order valence-corrected chi connectivity index (χ4v) is 2.60. The van der Waals surface area contributed by atoms with Crippen LogP contribution in [0.1, 0.15) is 38.5 Å². The molecule has 3 heteroatoms. The van der Waals surface area contributed by atoms with E-state index in [0.29, 0.717) is 5.41 Å². The van der Waals surface area contributed by atoms with E-state index in [1.807, 2.05) is 11.3 Å². The fourth-order valence-electron chi connectivity index (χ4n) is 1.86. The highest BCUT2D eigenvalue weighted by Gasteiger charge is 2.15. The standard InChI is InChI=1S/C14H26N2S/c1-4-16(11-13-7-5-10-17-13)9-6-8-14(2,3)12-15/h5,7,10H,4,6,8-9,11-12,15H2,1-3H3. The quantitative estimate of drug-likeness (QED) is 0.771. The van der Waals surface area contributed by atoms with Crippen molar-refractivity contribution in [2.75, 3.05) is 19.6 Å². The predicted octanol–water partition coefficient (Wildman–Crippen LogP) is 3.34. The molecule has 0 aliphatic rings. The molecule has 0 aromatic carbocycles. The second-order valence-corrected chi connectivity index (χ2v) is 6.45. The first-order valence-electron chi connectivity index (χ1n) is 6.52. The molecule has 0 aliphatic heterocycles. The summed E-state index contributed by atoms with van der Waals surface area (Å²) in [5.74, 6) is 0. The van der Waals surface area contributed by atoms with Crippen LogP contribution in [-0.2, 0) is 6.54 Å². The van der Waals surface area contributed by atoms with E-state index < -0.39 is 0 Å². The highest BCUT2D eigenvalue weighted by molar-refractivity contribution is 7.09. The van der Waals surface area contributed by atoms with Crippen molar-refractivity contribution in [2.24, 2.45) is 11.1 Å². The molecule has 98 valence electrons. The molecule has 0 fully saturated rings. The minimum atomic E-state index is 0.294. The largest absolute Gasteiger partial charge is 0.330 e. The highest BCUT2D eigenvalue weighted by Crippen LogP contribution is 2.21. The van der Waals surface area contributed by atoms with Gasteiger partial charge in [0.25, 0.3) is 0 Å². The van der Waals surface area contributed by atoms with Crippen LogP contribution in [0.2, 0.25) is 0 Å². The summed E-state index contributed by atoms with van der Waals surface area (Å²) >= 11 is 1.85. The summed E-state index contributed by atoms with van der Waals surface area (Å²) in [6, 6.07) is 4.35. The number of nitrogens with two attached hydrogens (primary N) is 1. The molecule has 0 radical (unpaired) electrons. The molecular formula is C14H26N2S. The van der Waals surface area contributed by atoms with Gasteiger partial charge in [0, 0.05) is 11.4 Å². The van der Waals surface area contributed by atoms with Crippen molar-refractivity contribution in [3.05, 3.63) is 22.4 Å². The van der Waals surface area contributed by atoms with Gasteiger partial charge in [-0.1, -0.05) is 26.8 Å². The molecule has 0 spiro atoms. The van der Waals surface area contributed by atoms with Crippen molar-refractivity contribution in [1.29, 1.82) is 0 Å². The Balaban J connectivity index is 2.28. The van der Waals surface area contributed by atoms with Crippen LogP contribution in [0.15, 0.2) is 17.5 Å². The minimum absolute atomic E-state index is 0.294. The molecule has 0 unspecified atom stereocenters. The predicted molar refractivity (Wildman–Crippen MR) is 77.3 cm³/mol. The lowest BCUT2D eigenvalue weighted by atomic mass is 9.88. The number of nitrogens with zero attached hydrogens (tertiary/aromatic N) is 1. The lowest BCUT2D eigenvalue weighted by Crippen LogP contribution is -2.27. The van der Waals surface area contributed by atoms with Crippen molar-refractivity contribution < 1.29 is 0 Å². The van der Waals surface area contributed by atoms with E-state index in [-0.39, 0.29) is 0 Å². The molecular weight excluding hydrogens is 228 g/mol. The van der Waals surface area contributed by atoms with E-state index in [1.165, 1.54) is 24.3 Å². The zero-order valence-corrected chi connectivity index (χ0v) is 12.2. The van der Waals surface area contributed by atoms with Gasteiger partial charge in [0.2, 0.25) is 0 Å². The van der Waals surface area contributed by atoms with Crippen molar-refractivity contribution >= 4 is 11.3 Å². The molecule has 1 heterocycles. The monoisotopic (exact) mass is 254 g/mol. The molecule has 0 bridgehead atoms. The number of hydrogen-bond donors (Lipinski definition) is 1. The maximum Gasteiger partial charge on any atom is 0.0327 e. The van der Waals surface area contributed by atoms with Crippen molar-refractivity contribution in [3.63, 3.8) is 0 Å². The molecule has 1 aromatic rings. The third-order valence-electron chi connectivity index (χ3n) is 3.29. The molecule has 0 saturated heterocycles. The van der Waals surface area contributed by atoms with Crippen LogP contribution >= 0.6 is 11.3 Å².